The van der Waals surface area contributed by atoms with Crippen molar-refractivity contribution in [1.82, 2.24) is 9.21 Å². The number of nitrogens with one attached hydrogen (secondary N) is 1. The molecule has 1 saturated heterocycles. The summed E-state index contributed by atoms with van der Waals surface area (Å²) < 4.78 is 27.5. The number of piperidine rings is 1. The molecule has 0 aliphatic carbocycles. The fourth-order valence-corrected chi connectivity index (χ4v) is 5.88. The van der Waals surface area contributed by atoms with Crippen LogP contribution in [-0.4, -0.2) is 55.6 Å². The van der Waals surface area contributed by atoms with Crippen molar-refractivity contribution in [3.8, 4) is 0 Å². The topological polar surface area (TPSA) is 86.8 Å². The first kappa shape index (κ1) is 25.9. The van der Waals surface area contributed by atoms with Gasteiger partial charge in [0.15, 0.2) is 0 Å². The van der Waals surface area contributed by atoms with Crippen molar-refractivity contribution in [2.45, 2.75) is 52.4 Å². The molecule has 184 valence electrons. The van der Waals surface area contributed by atoms with E-state index in [1.54, 1.807) is 30.9 Å². The molecule has 1 heterocycles. The van der Waals surface area contributed by atoms with E-state index in [4.69, 9.17) is 0 Å². The molecule has 0 bridgehead atoms. The molecular formula is C26H35N3O4S. The van der Waals surface area contributed by atoms with Gasteiger partial charge in [0.1, 0.15) is 0 Å². The smallest absolute Gasteiger partial charge is 0.253 e. The van der Waals surface area contributed by atoms with Gasteiger partial charge in [-0.15, -0.1) is 0 Å². The first-order valence-electron chi connectivity index (χ1n) is 11.9. The SMILES string of the molecule is CCN(CC)S(=O)(=O)c1cc(C)c(C)c(NC(=O)C2CCCN(C(=O)c3ccc(C)cc3)C2)c1. The molecule has 1 fully saturated rings. The zero-order valence-corrected chi connectivity index (χ0v) is 21.5. The van der Waals surface area contributed by atoms with Crippen molar-refractivity contribution in [3.05, 3.63) is 58.7 Å². The monoisotopic (exact) mass is 485 g/mol. The zero-order chi connectivity index (χ0) is 25.0. The molecular weight excluding hydrogens is 450 g/mol. The van der Waals surface area contributed by atoms with Crippen molar-refractivity contribution >= 4 is 27.5 Å². The molecule has 1 aliphatic heterocycles. The van der Waals surface area contributed by atoms with Crippen LogP contribution in [0.1, 0.15) is 53.7 Å². The van der Waals surface area contributed by atoms with E-state index in [1.807, 2.05) is 45.0 Å². The van der Waals surface area contributed by atoms with Crippen LogP contribution in [0.3, 0.4) is 0 Å². The number of hydrogen-bond acceptors (Lipinski definition) is 4. The summed E-state index contributed by atoms with van der Waals surface area (Å²) in [7, 11) is -3.65. The van der Waals surface area contributed by atoms with E-state index >= 15 is 0 Å². The van der Waals surface area contributed by atoms with Crippen LogP contribution < -0.4 is 5.32 Å². The van der Waals surface area contributed by atoms with Crippen LogP contribution in [0.2, 0.25) is 0 Å². The number of carbonyl (C=O) groups is 2. The molecule has 1 N–H and O–H groups in total. The maximum Gasteiger partial charge on any atom is 0.253 e. The van der Waals surface area contributed by atoms with Crippen LogP contribution >= 0.6 is 0 Å². The van der Waals surface area contributed by atoms with Crippen LogP contribution in [0.4, 0.5) is 5.69 Å². The van der Waals surface area contributed by atoms with E-state index in [1.165, 1.54) is 4.31 Å². The summed E-state index contributed by atoms with van der Waals surface area (Å²) in [6.07, 6.45) is 1.42. The second-order valence-electron chi connectivity index (χ2n) is 8.95. The van der Waals surface area contributed by atoms with E-state index in [0.717, 1.165) is 23.1 Å². The Morgan fingerprint density at radius 1 is 1.06 bits per heavy atom. The fraction of sp³-hybridized carbons (Fsp3) is 0.462. The summed E-state index contributed by atoms with van der Waals surface area (Å²) in [5, 5.41) is 2.96. The number of benzene rings is 2. The van der Waals surface area contributed by atoms with Crippen LogP contribution in [0.15, 0.2) is 41.3 Å². The highest BCUT2D eigenvalue weighted by molar-refractivity contribution is 7.89. The lowest BCUT2D eigenvalue weighted by atomic mass is 9.96. The van der Waals surface area contributed by atoms with Crippen LogP contribution in [0, 0.1) is 26.7 Å². The van der Waals surface area contributed by atoms with Gasteiger partial charge in [0, 0.05) is 37.4 Å². The molecule has 3 rings (SSSR count). The quantitative estimate of drug-likeness (QED) is 0.639. The molecule has 8 heteroatoms. The number of amides is 2. The Kier molecular flexibility index (Phi) is 8.15. The van der Waals surface area contributed by atoms with Gasteiger partial charge in [0.05, 0.1) is 10.8 Å². The van der Waals surface area contributed by atoms with Crippen molar-refractivity contribution in [3.63, 3.8) is 0 Å². The largest absolute Gasteiger partial charge is 0.338 e. The summed E-state index contributed by atoms with van der Waals surface area (Å²) >= 11 is 0. The second-order valence-corrected chi connectivity index (χ2v) is 10.9. The minimum absolute atomic E-state index is 0.0724. The third-order valence-electron chi connectivity index (χ3n) is 6.62. The average molecular weight is 486 g/mol. The highest BCUT2D eigenvalue weighted by atomic mass is 32.2. The number of likely N-dealkylation sites (tertiary alicyclic amines) is 1. The molecule has 7 nitrogen and oxygen atoms in total. The van der Waals surface area contributed by atoms with Crippen molar-refractivity contribution in [2.75, 3.05) is 31.5 Å². The Hall–Kier alpha value is -2.71. The van der Waals surface area contributed by atoms with Gasteiger partial charge in [-0.2, -0.15) is 4.31 Å². The van der Waals surface area contributed by atoms with E-state index in [-0.39, 0.29) is 22.6 Å². The number of rotatable bonds is 7. The van der Waals surface area contributed by atoms with Gasteiger partial charge in [-0.05, 0) is 69.0 Å². The minimum atomic E-state index is -3.65. The summed E-state index contributed by atoms with van der Waals surface area (Å²) in [5.41, 5.74) is 3.83. The van der Waals surface area contributed by atoms with Gasteiger partial charge >= 0.3 is 0 Å². The predicted octanol–water partition coefficient (Wildman–Crippen LogP) is 4.13. The number of nitrogens with zero attached hydrogens (tertiary/aromatic N) is 2. The van der Waals surface area contributed by atoms with Crippen molar-refractivity contribution in [2.24, 2.45) is 5.92 Å². The first-order chi connectivity index (χ1) is 16.1. The van der Waals surface area contributed by atoms with E-state index < -0.39 is 10.0 Å². The van der Waals surface area contributed by atoms with E-state index in [2.05, 4.69) is 5.32 Å². The lowest BCUT2D eigenvalue weighted by Gasteiger charge is -2.32. The van der Waals surface area contributed by atoms with Crippen LogP contribution in [0.5, 0.6) is 0 Å². The molecule has 0 saturated carbocycles. The molecule has 2 aromatic carbocycles. The van der Waals surface area contributed by atoms with Gasteiger partial charge in [0.25, 0.3) is 5.91 Å². The zero-order valence-electron chi connectivity index (χ0n) is 20.7. The van der Waals surface area contributed by atoms with Gasteiger partial charge < -0.3 is 10.2 Å². The Morgan fingerprint density at radius 3 is 2.32 bits per heavy atom. The standard InChI is InChI=1S/C26H35N3O4S/c1-6-29(7-2)34(32,33)23-15-19(4)20(5)24(16-23)27-25(30)22-9-8-14-28(17-22)26(31)21-12-10-18(3)11-13-21/h10-13,15-16,22H,6-9,14,17H2,1-5H3,(H,27,30). The van der Waals surface area contributed by atoms with Crippen molar-refractivity contribution < 1.29 is 18.0 Å². The number of hydrogen-bond donors (Lipinski definition) is 1. The summed E-state index contributed by atoms with van der Waals surface area (Å²) in [4.78, 5) is 28.0. The van der Waals surface area contributed by atoms with E-state index in [0.29, 0.717) is 43.9 Å². The van der Waals surface area contributed by atoms with E-state index in [9.17, 15) is 18.0 Å². The normalized spacial score (nSPS) is 16.5. The molecule has 0 spiro atoms. The molecule has 34 heavy (non-hydrogen) atoms. The Morgan fingerprint density at radius 2 is 1.71 bits per heavy atom. The summed E-state index contributed by atoms with van der Waals surface area (Å²) in [6.45, 7) is 11.0. The Bertz CT molecular complexity index is 1160. The third kappa shape index (κ3) is 5.50. The third-order valence-corrected chi connectivity index (χ3v) is 8.65. The number of anilines is 1. The summed E-state index contributed by atoms with van der Waals surface area (Å²) in [5.74, 6) is -0.621. The molecule has 0 radical (unpaired) electrons. The van der Waals surface area contributed by atoms with Crippen molar-refractivity contribution in [1.29, 1.82) is 0 Å². The lowest BCUT2D eigenvalue weighted by Crippen LogP contribution is -2.43. The highest BCUT2D eigenvalue weighted by Gasteiger charge is 2.30. The lowest BCUT2D eigenvalue weighted by molar-refractivity contribution is -0.121. The maximum absolute atomic E-state index is 13.2. The number of aryl methyl sites for hydroxylation is 2. The molecule has 1 aliphatic rings. The maximum atomic E-state index is 13.2. The average Bonchev–Trinajstić information content (AvgIpc) is 2.82. The molecule has 2 aromatic rings. The van der Waals surface area contributed by atoms with Crippen LogP contribution in [0.25, 0.3) is 0 Å². The second kappa shape index (κ2) is 10.7. The van der Waals surface area contributed by atoms with Gasteiger partial charge in [-0.3, -0.25) is 9.59 Å². The fourth-order valence-electron chi connectivity index (χ4n) is 4.31. The number of carbonyl (C=O) groups excluding carboxylic acids is 2. The van der Waals surface area contributed by atoms with Crippen LogP contribution in [-0.2, 0) is 14.8 Å². The van der Waals surface area contributed by atoms with Gasteiger partial charge in [-0.1, -0.05) is 31.5 Å². The minimum Gasteiger partial charge on any atom is -0.338 e. The Balaban J connectivity index is 1.79. The molecule has 2 amide bonds. The summed E-state index contributed by atoms with van der Waals surface area (Å²) in [6, 6.07) is 10.6. The Labute approximate surface area is 203 Å². The number of sulfonamides is 1. The van der Waals surface area contributed by atoms with Gasteiger partial charge in [0.2, 0.25) is 15.9 Å². The first-order valence-corrected chi connectivity index (χ1v) is 13.3. The molecule has 1 atom stereocenters. The van der Waals surface area contributed by atoms with Gasteiger partial charge in [-0.25, -0.2) is 8.42 Å². The predicted molar refractivity (Wildman–Crippen MR) is 134 cm³/mol. The molecule has 0 aromatic heterocycles. The molecule has 1 unspecified atom stereocenters. The highest BCUT2D eigenvalue weighted by Crippen LogP contribution is 2.28.